The van der Waals surface area contributed by atoms with Crippen molar-refractivity contribution in [1.82, 2.24) is 9.91 Å². The molecule has 0 bridgehead atoms. The highest BCUT2D eigenvalue weighted by atomic mass is 16.5. The molecule has 2 aliphatic heterocycles. The first-order chi connectivity index (χ1) is 9.36. The van der Waals surface area contributed by atoms with Gasteiger partial charge in [0.15, 0.2) is 0 Å². The van der Waals surface area contributed by atoms with Crippen LogP contribution in [0.1, 0.15) is 0 Å². The average Bonchev–Trinajstić information content (AvgIpc) is 2.48. The van der Waals surface area contributed by atoms with Crippen LogP contribution in [-0.2, 0) is 4.74 Å². The third-order valence-corrected chi connectivity index (χ3v) is 3.82. The van der Waals surface area contributed by atoms with Gasteiger partial charge in [-0.25, -0.2) is 5.01 Å². The summed E-state index contributed by atoms with van der Waals surface area (Å²) in [5.74, 6) is 0.879. The van der Waals surface area contributed by atoms with Crippen LogP contribution in [0.4, 0.5) is 5.69 Å². The van der Waals surface area contributed by atoms with Gasteiger partial charge in [-0.05, 0) is 12.1 Å². The fourth-order valence-electron chi connectivity index (χ4n) is 2.76. The average molecular weight is 263 g/mol. The fraction of sp³-hybridized carbons (Fsp3) is 0.571. The van der Waals surface area contributed by atoms with Gasteiger partial charge < -0.3 is 14.9 Å². The number of nitrogens with one attached hydrogen (secondary N) is 1. The lowest BCUT2D eigenvalue weighted by molar-refractivity contribution is -0.0399. The molecular weight excluding hydrogens is 242 g/mol. The molecule has 1 N–H and O–H groups in total. The summed E-state index contributed by atoms with van der Waals surface area (Å²) in [6.45, 7) is 5.87. The lowest BCUT2D eigenvalue weighted by Crippen LogP contribution is -2.59. The highest BCUT2D eigenvalue weighted by molar-refractivity contribution is 5.55. The van der Waals surface area contributed by atoms with Gasteiger partial charge in [-0.1, -0.05) is 12.1 Å². The predicted octanol–water partition coefficient (Wildman–Crippen LogP) is 1.04. The maximum Gasteiger partial charge on any atom is 0.143 e. The molecule has 2 heterocycles. The van der Waals surface area contributed by atoms with Gasteiger partial charge in [0.1, 0.15) is 5.75 Å². The van der Waals surface area contributed by atoms with Crippen molar-refractivity contribution in [3.05, 3.63) is 24.3 Å². The number of para-hydroxylation sites is 2. The van der Waals surface area contributed by atoms with Gasteiger partial charge in [-0.2, -0.15) is 0 Å². The van der Waals surface area contributed by atoms with E-state index in [0.29, 0.717) is 6.04 Å². The quantitative estimate of drug-likeness (QED) is 0.882. The van der Waals surface area contributed by atoms with E-state index in [1.165, 1.54) is 0 Å². The molecule has 0 aromatic heterocycles. The number of nitrogens with zero attached hydrogens (tertiary/aromatic N) is 2. The molecule has 2 aliphatic rings. The van der Waals surface area contributed by atoms with E-state index in [9.17, 15) is 0 Å². The van der Waals surface area contributed by atoms with Crippen molar-refractivity contribution in [1.29, 1.82) is 0 Å². The number of morpholine rings is 1. The first-order valence-electron chi connectivity index (χ1n) is 6.83. The van der Waals surface area contributed by atoms with Gasteiger partial charge in [0, 0.05) is 32.2 Å². The molecule has 0 radical (unpaired) electrons. The first kappa shape index (κ1) is 12.7. The zero-order valence-corrected chi connectivity index (χ0v) is 11.3. The van der Waals surface area contributed by atoms with Crippen LogP contribution >= 0.6 is 0 Å². The van der Waals surface area contributed by atoms with Crippen molar-refractivity contribution < 1.29 is 9.47 Å². The number of hydrogen-bond acceptors (Lipinski definition) is 5. The van der Waals surface area contributed by atoms with Crippen molar-refractivity contribution in [2.75, 3.05) is 51.9 Å². The smallest absolute Gasteiger partial charge is 0.143 e. The van der Waals surface area contributed by atoms with Crippen LogP contribution in [0.5, 0.6) is 5.75 Å². The largest absolute Gasteiger partial charge is 0.495 e. The Labute approximate surface area is 114 Å². The minimum atomic E-state index is 0.504. The maximum atomic E-state index is 5.56. The van der Waals surface area contributed by atoms with E-state index in [0.717, 1.165) is 50.8 Å². The van der Waals surface area contributed by atoms with Crippen molar-refractivity contribution in [2.45, 2.75) is 6.04 Å². The normalized spacial score (nSPS) is 24.8. The van der Waals surface area contributed by atoms with Crippen molar-refractivity contribution in [3.63, 3.8) is 0 Å². The summed E-state index contributed by atoms with van der Waals surface area (Å²) in [6, 6.07) is 8.52. The van der Waals surface area contributed by atoms with E-state index in [1.54, 1.807) is 7.11 Å². The minimum Gasteiger partial charge on any atom is -0.495 e. The molecule has 5 nitrogen and oxygen atoms in total. The van der Waals surface area contributed by atoms with Crippen molar-refractivity contribution >= 4 is 5.69 Å². The third kappa shape index (κ3) is 2.83. The lowest BCUT2D eigenvalue weighted by Gasteiger charge is -2.43. The van der Waals surface area contributed by atoms with Crippen LogP contribution in [0.2, 0.25) is 0 Å². The molecule has 1 aromatic rings. The molecule has 0 aliphatic carbocycles. The second-order valence-corrected chi connectivity index (χ2v) is 5.02. The maximum absolute atomic E-state index is 5.56. The van der Waals surface area contributed by atoms with Gasteiger partial charge in [0.05, 0.1) is 26.0 Å². The molecule has 104 valence electrons. The highest BCUT2D eigenvalue weighted by Crippen LogP contribution is 2.24. The lowest BCUT2D eigenvalue weighted by atomic mass is 10.2. The topological polar surface area (TPSA) is 37.0 Å². The van der Waals surface area contributed by atoms with Crippen molar-refractivity contribution in [2.24, 2.45) is 0 Å². The van der Waals surface area contributed by atoms with Crippen LogP contribution in [0.25, 0.3) is 0 Å². The van der Waals surface area contributed by atoms with Crippen LogP contribution in [0.15, 0.2) is 24.3 Å². The molecule has 3 rings (SSSR count). The monoisotopic (exact) mass is 263 g/mol. The van der Waals surface area contributed by atoms with E-state index in [-0.39, 0.29) is 0 Å². The summed E-state index contributed by atoms with van der Waals surface area (Å²) in [7, 11) is 1.70. The van der Waals surface area contributed by atoms with Crippen LogP contribution in [-0.4, -0.2) is 62.5 Å². The number of methoxy groups -OCH3 is 1. The highest BCUT2D eigenvalue weighted by Gasteiger charge is 2.29. The SMILES string of the molecule is COc1ccccc1NN1CCN2CCOC[C@@H]2C1. The number of benzene rings is 1. The molecule has 5 heteroatoms. The molecule has 1 atom stereocenters. The van der Waals surface area contributed by atoms with E-state index in [2.05, 4.69) is 15.3 Å². The van der Waals surface area contributed by atoms with Gasteiger partial charge in [0.25, 0.3) is 0 Å². The Balaban J connectivity index is 1.64. The van der Waals surface area contributed by atoms with E-state index in [4.69, 9.17) is 9.47 Å². The summed E-state index contributed by atoms with van der Waals surface area (Å²) < 4.78 is 10.9. The number of fused-ring (bicyclic) bond motifs is 1. The Bertz CT molecular complexity index is 427. The Kier molecular flexibility index (Phi) is 3.87. The van der Waals surface area contributed by atoms with Crippen LogP contribution < -0.4 is 10.2 Å². The molecule has 2 saturated heterocycles. The van der Waals surface area contributed by atoms with Crippen LogP contribution in [0.3, 0.4) is 0 Å². The number of ether oxygens (including phenoxy) is 2. The predicted molar refractivity (Wildman–Crippen MR) is 74.4 cm³/mol. The molecule has 2 fully saturated rings. The van der Waals surface area contributed by atoms with E-state index >= 15 is 0 Å². The Morgan fingerprint density at radius 2 is 2.16 bits per heavy atom. The first-order valence-corrected chi connectivity index (χ1v) is 6.83. The molecule has 0 spiro atoms. The number of rotatable bonds is 3. The standard InChI is InChI=1S/C14H21N3O2/c1-18-14-5-3-2-4-13(14)15-17-7-6-16-8-9-19-11-12(16)10-17/h2-5,12,15H,6-11H2,1H3/t12-/m0/s1. The van der Waals surface area contributed by atoms with Gasteiger partial charge in [-0.3, -0.25) is 4.90 Å². The van der Waals surface area contributed by atoms with E-state index in [1.807, 2.05) is 24.3 Å². The number of hydrogen-bond donors (Lipinski definition) is 1. The summed E-state index contributed by atoms with van der Waals surface area (Å²) >= 11 is 0. The number of anilines is 1. The summed E-state index contributed by atoms with van der Waals surface area (Å²) in [4.78, 5) is 2.52. The van der Waals surface area contributed by atoms with Crippen molar-refractivity contribution in [3.8, 4) is 5.75 Å². The number of hydrazine groups is 1. The van der Waals surface area contributed by atoms with Crippen LogP contribution in [0, 0.1) is 0 Å². The Morgan fingerprint density at radius 1 is 1.26 bits per heavy atom. The Hall–Kier alpha value is -1.30. The molecule has 0 amide bonds. The molecule has 19 heavy (non-hydrogen) atoms. The molecule has 1 aromatic carbocycles. The molecule has 0 saturated carbocycles. The van der Waals surface area contributed by atoms with Gasteiger partial charge in [0.2, 0.25) is 0 Å². The Morgan fingerprint density at radius 3 is 3.05 bits per heavy atom. The fourth-order valence-corrected chi connectivity index (χ4v) is 2.76. The summed E-state index contributed by atoms with van der Waals surface area (Å²) in [5, 5.41) is 2.26. The van der Waals surface area contributed by atoms with Gasteiger partial charge in [-0.15, -0.1) is 0 Å². The zero-order chi connectivity index (χ0) is 13.1. The molecular formula is C14H21N3O2. The summed E-state index contributed by atoms with van der Waals surface area (Å²) in [5.41, 5.74) is 4.48. The van der Waals surface area contributed by atoms with Gasteiger partial charge >= 0.3 is 0 Å². The summed E-state index contributed by atoms with van der Waals surface area (Å²) in [6.07, 6.45) is 0. The zero-order valence-electron chi connectivity index (χ0n) is 11.3. The minimum absolute atomic E-state index is 0.504. The second-order valence-electron chi connectivity index (χ2n) is 5.02. The second kappa shape index (κ2) is 5.77. The molecule has 0 unspecified atom stereocenters. The third-order valence-electron chi connectivity index (χ3n) is 3.82. The number of piperazine rings is 1. The van der Waals surface area contributed by atoms with E-state index < -0.39 is 0 Å².